The minimum atomic E-state index is -0.593. The third kappa shape index (κ3) is 2.79. The summed E-state index contributed by atoms with van der Waals surface area (Å²) in [6, 6.07) is 10.2. The van der Waals surface area contributed by atoms with Crippen LogP contribution in [0.15, 0.2) is 30.3 Å². The number of fused-ring (bicyclic) bond motifs is 5. The van der Waals surface area contributed by atoms with Gasteiger partial charge >= 0.3 is 5.97 Å². The molecule has 5 nitrogen and oxygen atoms in total. The second kappa shape index (κ2) is 6.41. The molecule has 0 spiro atoms. The molecule has 24 heavy (non-hydrogen) atoms. The van der Waals surface area contributed by atoms with Crippen molar-refractivity contribution >= 4 is 5.97 Å². The van der Waals surface area contributed by atoms with Gasteiger partial charge in [0.1, 0.15) is 36.3 Å². The number of ether oxygens (including phenoxy) is 2. The number of aliphatic hydroxyl groups excluding tert-OH is 1. The van der Waals surface area contributed by atoms with Crippen LogP contribution < -0.4 is 17.0 Å². The summed E-state index contributed by atoms with van der Waals surface area (Å²) in [5.41, 5.74) is 0.807. The first-order chi connectivity index (χ1) is 11.0. The fourth-order valence-corrected chi connectivity index (χ4v) is 4.55. The fourth-order valence-electron chi connectivity index (χ4n) is 4.55. The molecule has 132 valence electrons. The third-order valence-electron chi connectivity index (χ3n) is 5.99. The van der Waals surface area contributed by atoms with E-state index in [4.69, 9.17) is 9.47 Å². The first-order valence-corrected chi connectivity index (χ1v) is 8.37. The van der Waals surface area contributed by atoms with Crippen LogP contribution in [0.25, 0.3) is 0 Å². The molecule has 6 atom stereocenters. The van der Waals surface area contributed by atoms with Gasteiger partial charge in [0.15, 0.2) is 0 Å². The van der Waals surface area contributed by atoms with Gasteiger partial charge < -0.3 is 36.0 Å². The lowest BCUT2D eigenvalue weighted by atomic mass is 9.95. The van der Waals surface area contributed by atoms with Crippen molar-refractivity contribution in [3.8, 4) is 0 Å². The maximum absolute atomic E-state index is 12.5. The van der Waals surface area contributed by atoms with Crippen LogP contribution in [0.5, 0.6) is 0 Å². The second-order valence-corrected chi connectivity index (χ2v) is 7.51. The number of likely N-dealkylation sites (N-methyl/N-ethyl adjacent to an activating group) is 1. The number of rotatable bonds is 4. The number of halogens is 1. The maximum Gasteiger partial charge on any atom is 0.316 e. The van der Waals surface area contributed by atoms with Crippen molar-refractivity contribution in [1.82, 2.24) is 0 Å². The van der Waals surface area contributed by atoms with Crippen LogP contribution in [-0.4, -0.2) is 66.7 Å². The second-order valence-electron chi connectivity index (χ2n) is 7.51. The number of carbonyl (C=O) groups excluding carboxylic acids is 1. The summed E-state index contributed by atoms with van der Waals surface area (Å²) < 4.78 is 12.5. The Morgan fingerprint density at radius 2 is 1.83 bits per heavy atom. The summed E-state index contributed by atoms with van der Waals surface area (Å²) in [7, 11) is 4.51. The highest BCUT2D eigenvalue weighted by Gasteiger charge is 2.70. The number of piperidine rings is 1. The Kier molecular flexibility index (Phi) is 4.77. The molecule has 0 aliphatic carbocycles. The zero-order chi connectivity index (χ0) is 16.2. The zero-order valence-corrected chi connectivity index (χ0v) is 15.6. The number of benzene rings is 1. The van der Waals surface area contributed by atoms with Crippen LogP contribution in [0.2, 0.25) is 0 Å². The Morgan fingerprint density at radius 1 is 1.25 bits per heavy atom. The lowest BCUT2D eigenvalue weighted by molar-refractivity contribution is -0.938. The Bertz CT molecular complexity index is 588. The molecule has 0 saturated carbocycles. The normalized spacial score (nSPS) is 36.2. The molecule has 3 aliphatic rings. The molecule has 0 aromatic heterocycles. The van der Waals surface area contributed by atoms with E-state index in [9.17, 15) is 9.90 Å². The van der Waals surface area contributed by atoms with Gasteiger partial charge in [-0.2, -0.15) is 0 Å². The quantitative estimate of drug-likeness (QED) is 0.365. The van der Waals surface area contributed by atoms with E-state index < -0.39 is 5.92 Å². The van der Waals surface area contributed by atoms with E-state index in [-0.39, 0.29) is 35.7 Å². The summed E-state index contributed by atoms with van der Waals surface area (Å²) in [4.78, 5) is 12.5. The molecule has 6 heteroatoms. The van der Waals surface area contributed by atoms with Gasteiger partial charge in [-0.15, -0.1) is 0 Å². The number of hydrogen-bond acceptors (Lipinski definition) is 4. The molecule has 1 aromatic rings. The first kappa shape index (κ1) is 17.9. The molecule has 3 fully saturated rings. The minimum Gasteiger partial charge on any atom is -1.00 e. The van der Waals surface area contributed by atoms with Crippen LogP contribution >= 0.6 is 0 Å². The molecule has 3 aliphatic heterocycles. The van der Waals surface area contributed by atoms with E-state index >= 15 is 0 Å². The highest BCUT2D eigenvalue weighted by atomic mass is 79.9. The largest absolute Gasteiger partial charge is 1.00 e. The molecular weight excluding hydrogens is 374 g/mol. The molecular formula is C18H24BrNO4. The van der Waals surface area contributed by atoms with Gasteiger partial charge in [-0.3, -0.25) is 4.79 Å². The van der Waals surface area contributed by atoms with Crippen LogP contribution in [0.1, 0.15) is 24.3 Å². The Hall–Kier alpha value is -0.950. The van der Waals surface area contributed by atoms with Crippen molar-refractivity contribution in [2.45, 2.75) is 49.2 Å². The average molecular weight is 398 g/mol. The lowest BCUT2D eigenvalue weighted by Crippen LogP contribution is -3.00. The number of morpholine rings is 1. The number of esters is 1. The van der Waals surface area contributed by atoms with Gasteiger partial charge in [0.05, 0.1) is 20.7 Å². The summed E-state index contributed by atoms with van der Waals surface area (Å²) in [6.07, 6.45) is 2.34. The van der Waals surface area contributed by atoms with Crippen molar-refractivity contribution < 1.29 is 40.8 Å². The van der Waals surface area contributed by atoms with Crippen molar-refractivity contribution in [2.24, 2.45) is 0 Å². The van der Waals surface area contributed by atoms with Crippen LogP contribution in [-0.2, 0) is 14.3 Å². The molecule has 1 N–H and O–H groups in total. The van der Waals surface area contributed by atoms with Crippen LogP contribution in [0.4, 0.5) is 0 Å². The van der Waals surface area contributed by atoms with Crippen molar-refractivity contribution in [3.63, 3.8) is 0 Å². The predicted molar refractivity (Wildman–Crippen MR) is 83.7 cm³/mol. The van der Waals surface area contributed by atoms with Gasteiger partial charge in [0.25, 0.3) is 0 Å². The lowest BCUT2D eigenvalue weighted by Gasteiger charge is -2.45. The molecule has 2 bridgehead atoms. The average Bonchev–Trinajstić information content (AvgIpc) is 3.27. The molecule has 1 aromatic carbocycles. The van der Waals surface area contributed by atoms with Gasteiger partial charge in [-0.25, -0.2) is 0 Å². The first-order valence-electron chi connectivity index (χ1n) is 8.37. The SMILES string of the molecule is C[N+]1(C)[C@@H]2CC(OC(=O)[C@@H](CO)c3ccccc3)C[C@H]1[C@@H]1O[C@@H]12.[Br-]. The number of carbonyl (C=O) groups is 1. The summed E-state index contributed by atoms with van der Waals surface area (Å²) in [5, 5.41) is 9.60. The van der Waals surface area contributed by atoms with Gasteiger partial charge in [-0.05, 0) is 5.56 Å². The van der Waals surface area contributed by atoms with Gasteiger partial charge in [0.2, 0.25) is 0 Å². The highest BCUT2D eigenvalue weighted by Crippen LogP contribution is 2.51. The Balaban J connectivity index is 0.00000169. The molecule has 0 amide bonds. The summed E-state index contributed by atoms with van der Waals surface area (Å²) in [5.74, 6) is -0.908. The van der Waals surface area contributed by atoms with Crippen molar-refractivity contribution in [2.75, 3.05) is 20.7 Å². The number of hydrogen-bond donors (Lipinski definition) is 1. The predicted octanol–water partition coefficient (Wildman–Crippen LogP) is -1.93. The number of quaternary nitrogens is 1. The monoisotopic (exact) mass is 397 g/mol. The molecule has 3 heterocycles. The smallest absolute Gasteiger partial charge is 0.316 e. The highest BCUT2D eigenvalue weighted by molar-refractivity contribution is 5.78. The van der Waals surface area contributed by atoms with Crippen molar-refractivity contribution in [1.29, 1.82) is 0 Å². The van der Waals surface area contributed by atoms with Gasteiger partial charge in [-0.1, -0.05) is 30.3 Å². The summed E-state index contributed by atoms with van der Waals surface area (Å²) in [6.45, 7) is -0.224. The van der Waals surface area contributed by atoms with E-state index in [0.29, 0.717) is 24.3 Å². The van der Waals surface area contributed by atoms with Crippen molar-refractivity contribution in [3.05, 3.63) is 35.9 Å². The van der Waals surface area contributed by atoms with E-state index in [0.717, 1.165) is 22.9 Å². The number of epoxide rings is 1. The van der Waals surface area contributed by atoms with E-state index in [1.54, 1.807) is 0 Å². The number of nitrogens with zero attached hydrogens (tertiary/aromatic N) is 1. The van der Waals surface area contributed by atoms with Gasteiger partial charge in [0, 0.05) is 12.8 Å². The molecule has 0 radical (unpaired) electrons. The van der Waals surface area contributed by atoms with E-state index in [1.807, 2.05) is 30.3 Å². The van der Waals surface area contributed by atoms with E-state index in [2.05, 4.69) is 14.1 Å². The Labute approximate surface area is 152 Å². The summed E-state index contributed by atoms with van der Waals surface area (Å²) >= 11 is 0. The van der Waals surface area contributed by atoms with E-state index in [1.165, 1.54) is 0 Å². The maximum atomic E-state index is 12.5. The molecule has 4 rings (SSSR count). The van der Waals surface area contributed by atoms with Crippen LogP contribution in [0.3, 0.4) is 0 Å². The molecule has 1 unspecified atom stereocenters. The van der Waals surface area contributed by atoms with Crippen LogP contribution in [0, 0.1) is 0 Å². The number of aliphatic hydroxyl groups is 1. The zero-order valence-electron chi connectivity index (χ0n) is 14.0. The third-order valence-corrected chi connectivity index (χ3v) is 5.99. The Morgan fingerprint density at radius 3 is 2.38 bits per heavy atom. The molecule has 3 saturated heterocycles. The fraction of sp³-hybridized carbons (Fsp3) is 0.611. The topological polar surface area (TPSA) is 59.1 Å². The minimum absolute atomic E-state index is 0. The standard InChI is InChI=1S/C18H24NO4.BrH/c1-19(2)14-8-12(9-15(19)17-16(14)23-17)22-18(21)13(10-20)11-6-4-3-5-7-11;/h3-7,12-17,20H,8-10H2,1-2H3;1H/q+1;/p-1/t12?,13-,14-,15+,16-,17+;/m0./s1.